The molecule has 29 heavy (non-hydrogen) atoms. The van der Waals surface area contributed by atoms with Crippen molar-refractivity contribution in [2.24, 2.45) is 11.8 Å². The van der Waals surface area contributed by atoms with Crippen LogP contribution in [0.25, 0.3) is 0 Å². The van der Waals surface area contributed by atoms with E-state index >= 15 is 0 Å². The van der Waals surface area contributed by atoms with Crippen LogP contribution in [0, 0.1) is 11.8 Å². The number of nitrogens with one attached hydrogen (secondary N) is 2. The van der Waals surface area contributed by atoms with E-state index in [2.05, 4.69) is 10.6 Å². The molecule has 2 aliphatic rings. The van der Waals surface area contributed by atoms with E-state index in [4.69, 9.17) is 14.2 Å². The first kappa shape index (κ1) is 18.8. The highest BCUT2D eigenvalue weighted by Gasteiger charge is 2.40. The van der Waals surface area contributed by atoms with Gasteiger partial charge >= 0.3 is 5.97 Å². The number of amides is 2. The van der Waals surface area contributed by atoms with Crippen molar-refractivity contribution in [3.63, 3.8) is 0 Å². The lowest BCUT2D eigenvalue weighted by Crippen LogP contribution is -2.23. The van der Waals surface area contributed by atoms with Crippen LogP contribution in [0.15, 0.2) is 42.5 Å². The average molecular weight is 396 g/mol. The molecule has 1 aliphatic carbocycles. The van der Waals surface area contributed by atoms with Gasteiger partial charge in [0.05, 0.1) is 17.2 Å². The molecule has 0 radical (unpaired) electrons. The third-order valence-electron chi connectivity index (χ3n) is 4.83. The molecule has 0 unspecified atom stereocenters. The summed E-state index contributed by atoms with van der Waals surface area (Å²) in [5.41, 5.74) is 1.14. The molecule has 1 fully saturated rings. The van der Waals surface area contributed by atoms with Crippen LogP contribution in [-0.2, 0) is 14.3 Å². The van der Waals surface area contributed by atoms with Gasteiger partial charge in [-0.1, -0.05) is 19.1 Å². The molecule has 2 amide bonds. The topological polar surface area (TPSA) is 103 Å². The van der Waals surface area contributed by atoms with Gasteiger partial charge in [0.2, 0.25) is 6.79 Å². The van der Waals surface area contributed by atoms with Gasteiger partial charge < -0.3 is 24.8 Å². The quantitative estimate of drug-likeness (QED) is 0.728. The van der Waals surface area contributed by atoms with E-state index in [1.807, 2.05) is 6.92 Å². The van der Waals surface area contributed by atoms with Gasteiger partial charge in [-0.05, 0) is 36.6 Å². The van der Waals surface area contributed by atoms with Crippen molar-refractivity contribution < 1.29 is 28.6 Å². The van der Waals surface area contributed by atoms with Crippen LogP contribution in [0.4, 0.5) is 11.4 Å². The Morgan fingerprint density at radius 1 is 1.07 bits per heavy atom. The molecule has 0 bridgehead atoms. The van der Waals surface area contributed by atoms with Crippen molar-refractivity contribution in [3.05, 3.63) is 48.0 Å². The van der Waals surface area contributed by atoms with Gasteiger partial charge in [0.15, 0.2) is 18.1 Å². The first-order chi connectivity index (χ1) is 14.0. The average Bonchev–Trinajstić information content (AvgIpc) is 3.26. The van der Waals surface area contributed by atoms with Crippen molar-refractivity contribution in [2.45, 2.75) is 13.3 Å². The maximum absolute atomic E-state index is 12.7. The van der Waals surface area contributed by atoms with Gasteiger partial charge in [0.25, 0.3) is 11.8 Å². The number of hydrogen-bond donors (Lipinski definition) is 2. The number of hydrogen-bond acceptors (Lipinski definition) is 6. The Kier molecular flexibility index (Phi) is 5.07. The highest BCUT2D eigenvalue weighted by molar-refractivity contribution is 6.10. The molecule has 1 saturated carbocycles. The van der Waals surface area contributed by atoms with Gasteiger partial charge in [-0.15, -0.1) is 0 Å². The summed E-state index contributed by atoms with van der Waals surface area (Å²) < 4.78 is 15.6. The summed E-state index contributed by atoms with van der Waals surface area (Å²) in [4.78, 5) is 36.6. The van der Waals surface area contributed by atoms with Crippen LogP contribution < -0.4 is 20.1 Å². The molecule has 0 saturated heterocycles. The van der Waals surface area contributed by atoms with Crippen LogP contribution in [0.3, 0.4) is 0 Å². The number of carbonyl (C=O) groups is 3. The van der Waals surface area contributed by atoms with Crippen molar-refractivity contribution in [1.29, 1.82) is 0 Å². The Balaban J connectivity index is 1.38. The number of carbonyl (C=O) groups excluding carboxylic acids is 3. The van der Waals surface area contributed by atoms with E-state index in [0.717, 1.165) is 6.42 Å². The molecule has 2 N–H and O–H groups in total. The highest BCUT2D eigenvalue weighted by atomic mass is 16.7. The van der Waals surface area contributed by atoms with Crippen LogP contribution in [0.2, 0.25) is 0 Å². The molecule has 1 heterocycles. The summed E-state index contributed by atoms with van der Waals surface area (Å²) in [6.07, 6.45) is 0.795. The van der Waals surface area contributed by atoms with Gasteiger partial charge in [-0.25, -0.2) is 0 Å². The molecule has 150 valence electrons. The summed E-state index contributed by atoms with van der Waals surface area (Å²) >= 11 is 0. The Hall–Kier alpha value is -3.55. The summed E-state index contributed by atoms with van der Waals surface area (Å²) in [6, 6.07) is 11.7. The van der Waals surface area contributed by atoms with E-state index in [0.29, 0.717) is 28.8 Å². The van der Waals surface area contributed by atoms with Crippen LogP contribution in [0.1, 0.15) is 23.7 Å². The number of anilines is 2. The predicted octanol–water partition coefficient (Wildman–Crippen LogP) is 2.81. The molecular formula is C21H20N2O6. The maximum Gasteiger partial charge on any atom is 0.309 e. The maximum atomic E-state index is 12.7. The van der Waals surface area contributed by atoms with E-state index in [9.17, 15) is 14.4 Å². The lowest BCUT2D eigenvalue weighted by Gasteiger charge is -2.12. The van der Waals surface area contributed by atoms with Gasteiger partial charge in [-0.3, -0.25) is 14.4 Å². The lowest BCUT2D eigenvalue weighted by molar-refractivity contribution is -0.148. The zero-order valence-corrected chi connectivity index (χ0v) is 15.8. The van der Waals surface area contributed by atoms with E-state index in [-0.39, 0.29) is 30.9 Å². The second-order valence-electron chi connectivity index (χ2n) is 7.04. The standard InChI is InChI=1S/C21H20N2O6/c1-12-8-15(12)21(26)27-10-19(24)23-16-5-3-2-4-14(16)20(25)22-13-6-7-17-18(9-13)29-11-28-17/h2-7,9,12,15H,8,10-11H2,1H3,(H,22,25)(H,23,24)/t12-,15+/m0/s1. The van der Waals surface area contributed by atoms with E-state index in [1.54, 1.807) is 42.5 Å². The Labute approximate surface area is 167 Å². The molecule has 2 atom stereocenters. The second-order valence-corrected chi connectivity index (χ2v) is 7.04. The summed E-state index contributed by atoms with van der Waals surface area (Å²) in [6.45, 7) is 1.72. The number of rotatable bonds is 6. The fraction of sp³-hybridized carbons (Fsp3) is 0.286. The first-order valence-electron chi connectivity index (χ1n) is 9.28. The van der Waals surface area contributed by atoms with Crippen molar-refractivity contribution in [1.82, 2.24) is 0 Å². The van der Waals surface area contributed by atoms with Crippen molar-refractivity contribution in [2.75, 3.05) is 24.0 Å². The monoisotopic (exact) mass is 396 g/mol. The number of benzene rings is 2. The number of para-hydroxylation sites is 1. The molecule has 8 nitrogen and oxygen atoms in total. The smallest absolute Gasteiger partial charge is 0.309 e. The Bertz CT molecular complexity index is 973. The molecule has 0 spiro atoms. The van der Waals surface area contributed by atoms with Crippen molar-refractivity contribution in [3.8, 4) is 11.5 Å². The molecule has 8 heteroatoms. The molecular weight excluding hydrogens is 376 g/mol. The summed E-state index contributed by atoms with van der Waals surface area (Å²) in [7, 11) is 0. The highest BCUT2D eigenvalue weighted by Crippen LogP contribution is 2.38. The first-order valence-corrected chi connectivity index (χ1v) is 9.28. The molecule has 2 aromatic rings. The van der Waals surface area contributed by atoms with Gasteiger partial charge in [0.1, 0.15) is 0 Å². The van der Waals surface area contributed by atoms with Crippen LogP contribution in [-0.4, -0.2) is 31.2 Å². The summed E-state index contributed by atoms with van der Waals surface area (Å²) in [5.74, 6) is 0.107. The van der Waals surface area contributed by atoms with Gasteiger partial charge in [-0.2, -0.15) is 0 Å². The number of fused-ring (bicyclic) bond motifs is 1. The minimum atomic E-state index is -0.505. The van der Waals surface area contributed by atoms with Crippen LogP contribution in [0.5, 0.6) is 11.5 Å². The Morgan fingerprint density at radius 2 is 1.83 bits per heavy atom. The fourth-order valence-electron chi connectivity index (χ4n) is 3.04. The van der Waals surface area contributed by atoms with Crippen LogP contribution >= 0.6 is 0 Å². The largest absolute Gasteiger partial charge is 0.455 e. The molecule has 4 rings (SSSR count). The predicted molar refractivity (Wildman–Crippen MR) is 104 cm³/mol. The third kappa shape index (κ3) is 4.31. The fourth-order valence-corrected chi connectivity index (χ4v) is 3.04. The lowest BCUT2D eigenvalue weighted by atomic mass is 10.1. The normalized spacial score (nSPS) is 18.7. The Morgan fingerprint density at radius 3 is 2.62 bits per heavy atom. The zero-order valence-electron chi connectivity index (χ0n) is 15.8. The SMILES string of the molecule is C[C@H]1C[C@H]1C(=O)OCC(=O)Nc1ccccc1C(=O)Nc1ccc2c(c1)OCO2. The zero-order chi connectivity index (χ0) is 20.4. The van der Waals surface area contributed by atoms with Gasteiger partial charge in [0, 0.05) is 11.8 Å². The van der Waals surface area contributed by atoms with Crippen molar-refractivity contribution >= 4 is 29.2 Å². The minimum Gasteiger partial charge on any atom is -0.455 e. The number of esters is 1. The van der Waals surface area contributed by atoms with E-state index < -0.39 is 11.8 Å². The number of ether oxygens (including phenoxy) is 3. The second kappa shape index (κ2) is 7.83. The molecule has 0 aromatic heterocycles. The third-order valence-corrected chi connectivity index (χ3v) is 4.83. The van der Waals surface area contributed by atoms with E-state index in [1.165, 1.54) is 0 Å². The molecule has 1 aliphatic heterocycles. The summed E-state index contributed by atoms with van der Waals surface area (Å²) in [5, 5.41) is 5.39. The molecule has 2 aromatic carbocycles. The minimum absolute atomic E-state index is 0.109.